The summed E-state index contributed by atoms with van der Waals surface area (Å²) in [4.78, 5) is 1.36. The van der Waals surface area contributed by atoms with Gasteiger partial charge in [0.15, 0.2) is 0 Å². The van der Waals surface area contributed by atoms with E-state index in [9.17, 15) is 0 Å². The maximum atomic E-state index is 5.24. The fourth-order valence-corrected chi connectivity index (χ4v) is 2.46. The summed E-state index contributed by atoms with van der Waals surface area (Å²) < 4.78 is 5.24. The Kier molecular flexibility index (Phi) is 2.66. The van der Waals surface area contributed by atoms with E-state index < -0.39 is 0 Å². The van der Waals surface area contributed by atoms with Gasteiger partial charge in [-0.25, -0.2) is 0 Å². The molecule has 1 aromatic heterocycles. The summed E-state index contributed by atoms with van der Waals surface area (Å²) in [7, 11) is 1.99. The van der Waals surface area contributed by atoms with Crippen LogP contribution >= 0.6 is 11.3 Å². The van der Waals surface area contributed by atoms with Crippen LogP contribution in [-0.2, 0) is 4.74 Å². The summed E-state index contributed by atoms with van der Waals surface area (Å²) in [5, 5.41) is 5.42. The maximum Gasteiger partial charge on any atom is 0.0912 e. The van der Waals surface area contributed by atoms with Crippen molar-refractivity contribution in [3.8, 4) is 0 Å². The number of rotatable bonds is 3. The predicted molar refractivity (Wildman–Crippen MR) is 54.8 cm³/mol. The van der Waals surface area contributed by atoms with Crippen LogP contribution in [0.15, 0.2) is 29.3 Å². The van der Waals surface area contributed by atoms with E-state index in [1.165, 1.54) is 10.5 Å². The zero-order valence-corrected chi connectivity index (χ0v) is 8.43. The molecule has 2 nitrogen and oxygen atoms in total. The fraction of sp³-hybridized carbons (Fsp3) is 0.400. The molecule has 0 aromatic carbocycles. The van der Waals surface area contributed by atoms with Gasteiger partial charge in [-0.2, -0.15) is 0 Å². The van der Waals surface area contributed by atoms with E-state index in [2.05, 4.69) is 22.8 Å². The molecule has 0 radical (unpaired) electrons. The SMILES string of the molecule is CNC(C1=COCC1)c1cccs1. The molecule has 2 rings (SSSR count). The molecule has 1 unspecified atom stereocenters. The molecule has 0 fully saturated rings. The second kappa shape index (κ2) is 3.94. The van der Waals surface area contributed by atoms with Crippen LogP contribution in [0.3, 0.4) is 0 Å². The lowest BCUT2D eigenvalue weighted by Crippen LogP contribution is -2.16. The van der Waals surface area contributed by atoms with Crippen molar-refractivity contribution in [2.45, 2.75) is 12.5 Å². The van der Waals surface area contributed by atoms with Gasteiger partial charge in [-0.05, 0) is 24.1 Å². The largest absolute Gasteiger partial charge is 0.501 e. The van der Waals surface area contributed by atoms with E-state index in [0.717, 1.165) is 13.0 Å². The van der Waals surface area contributed by atoms with Crippen molar-refractivity contribution in [3.05, 3.63) is 34.2 Å². The molecule has 1 aliphatic rings. The topological polar surface area (TPSA) is 21.3 Å². The summed E-state index contributed by atoms with van der Waals surface area (Å²) in [5.41, 5.74) is 1.35. The summed E-state index contributed by atoms with van der Waals surface area (Å²) in [6.45, 7) is 0.832. The Labute approximate surface area is 82.2 Å². The van der Waals surface area contributed by atoms with Crippen molar-refractivity contribution >= 4 is 11.3 Å². The zero-order chi connectivity index (χ0) is 9.10. The van der Waals surface area contributed by atoms with Crippen molar-refractivity contribution in [2.24, 2.45) is 0 Å². The van der Waals surface area contributed by atoms with Gasteiger partial charge >= 0.3 is 0 Å². The van der Waals surface area contributed by atoms with E-state index in [-0.39, 0.29) is 0 Å². The van der Waals surface area contributed by atoms with Gasteiger partial charge in [0.1, 0.15) is 0 Å². The average molecular weight is 195 g/mol. The second-order valence-corrected chi connectivity index (χ2v) is 4.03. The minimum absolute atomic E-state index is 0.350. The minimum atomic E-state index is 0.350. The molecule has 0 spiro atoms. The van der Waals surface area contributed by atoms with Gasteiger partial charge in [0.05, 0.1) is 18.9 Å². The molecule has 1 aromatic rings. The summed E-state index contributed by atoms with van der Waals surface area (Å²) in [6, 6.07) is 4.59. The Morgan fingerprint density at radius 1 is 1.62 bits per heavy atom. The number of hydrogen-bond donors (Lipinski definition) is 1. The Morgan fingerprint density at radius 2 is 2.54 bits per heavy atom. The van der Waals surface area contributed by atoms with Gasteiger partial charge in [0.2, 0.25) is 0 Å². The number of nitrogens with one attached hydrogen (secondary N) is 1. The number of likely N-dealkylation sites (N-methyl/N-ethyl adjacent to an activating group) is 1. The molecule has 3 heteroatoms. The van der Waals surface area contributed by atoms with Gasteiger partial charge in [0.25, 0.3) is 0 Å². The van der Waals surface area contributed by atoms with E-state index in [0.29, 0.717) is 6.04 Å². The van der Waals surface area contributed by atoms with Crippen LogP contribution in [0.5, 0.6) is 0 Å². The lowest BCUT2D eigenvalue weighted by Gasteiger charge is -2.14. The van der Waals surface area contributed by atoms with Gasteiger partial charge in [-0.1, -0.05) is 6.07 Å². The average Bonchev–Trinajstić information content (AvgIpc) is 2.76. The molecule has 0 bridgehead atoms. The van der Waals surface area contributed by atoms with Crippen LogP contribution in [-0.4, -0.2) is 13.7 Å². The lowest BCUT2D eigenvalue weighted by atomic mass is 10.1. The summed E-state index contributed by atoms with van der Waals surface area (Å²) in [5.74, 6) is 0. The number of thiophene rings is 1. The molecule has 2 heterocycles. The smallest absolute Gasteiger partial charge is 0.0912 e. The van der Waals surface area contributed by atoms with Crippen LogP contribution in [0, 0.1) is 0 Å². The first-order valence-electron chi connectivity index (χ1n) is 4.43. The first-order valence-corrected chi connectivity index (χ1v) is 5.31. The Morgan fingerprint density at radius 3 is 3.08 bits per heavy atom. The van der Waals surface area contributed by atoms with Crippen molar-refractivity contribution in [1.29, 1.82) is 0 Å². The van der Waals surface area contributed by atoms with Crippen molar-refractivity contribution < 1.29 is 4.74 Å². The van der Waals surface area contributed by atoms with E-state index in [1.807, 2.05) is 13.3 Å². The fourth-order valence-electron chi connectivity index (χ4n) is 1.58. The molecule has 0 amide bonds. The van der Waals surface area contributed by atoms with E-state index in [4.69, 9.17) is 4.74 Å². The molecular weight excluding hydrogens is 182 g/mol. The highest BCUT2D eigenvalue weighted by molar-refractivity contribution is 7.10. The van der Waals surface area contributed by atoms with E-state index >= 15 is 0 Å². The summed E-state index contributed by atoms with van der Waals surface area (Å²) in [6.07, 6.45) is 2.93. The van der Waals surface area contributed by atoms with Crippen LogP contribution in [0.2, 0.25) is 0 Å². The molecular formula is C10H13NOS. The lowest BCUT2D eigenvalue weighted by molar-refractivity contribution is 0.281. The highest BCUT2D eigenvalue weighted by Gasteiger charge is 2.18. The van der Waals surface area contributed by atoms with Gasteiger partial charge in [-0.15, -0.1) is 11.3 Å². The van der Waals surface area contributed by atoms with Gasteiger partial charge in [-0.3, -0.25) is 0 Å². The molecule has 1 atom stereocenters. The highest BCUT2D eigenvalue weighted by atomic mass is 32.1. The molecule has 0 saturated heterocycles. The standard InChI is InChI=1S/C10H13NOS/c1-11-10(8-4-5-12-7-8)9-3-2-6-13-9/h2-3,6-7,10-11H,4-5H2,1H3. The normalized spacial score (nSPS) is 18.1. The zero-order valence-electron chi connectivity index (χ0n) is 7.62. The third-order valence-electron chi connectivity index (χ3n) is 2.23. The Balaban J connectivity index is 2.18. The number of hydrogen-bond acceptors (Lipinski definition) is 3. The molecule has 0 saturated carbocycles. The second-order valence-electron chi connectivity index (χ2n) is 3.05. The first kappa shape index (κ1) is 8.78. The monoisotopic (exact) mass is 195 g/mol. The van der Waals surface area contributed by atoms with E-state index in [1.54, 1.807) is 11.3 Å². The third kappa shape index (κ3) is 1.76. The van der Waals surface area contributed by atoms with Crippen LogP contribution in [0.4, 0.5) is 0 Å². The molecule has 1 aliphatic heterocycles. The Bertz CT molecular complexity index is 292. The third-order valence-corrected chi connectivity index (χ3v) is 3.17. The van der Waals surface area contributed by atoms with Crippen LogP contribution in [0.1, 0.15) is 17.3 Å². The van der Waals surface area contributed by atoms with Crippen molar-refractivity contribution in [1.82, 2.24) is 5.32 Å². The molecule has 0 aliphatic carbocycles. The molecule has 70 valence electrons. The molecule has 1 N–H and O–H groups in total. The van der Waals surface area contributed by atoms with Crippen molar-refractivity contribution in [3.63, 3.8) is 0 Å². The Hall–Kier alpha value is -0.800. The van der Waals surface area contributed by atoms with Gasteiger partial charge < -0.3 is 10.1 Å². The highest BCUT2D eigenvalue weighted by Crippen LogP contribution is 2.29. The minimum Gasteiger partial charge on any atom is -0.501 e. The quantitative estimate of drug-likeness (QED) is 0.799. The van der Waals surface area contributed by atoms with Crippen LogP contribution in [0.25, 0.3) is 0 Å². The van der Waals surface area contributed by atoms with Crippen LogP contribution < -0.4 is 5.32 Å². The predicted octanol–water partition coefficient (Wildman–Crippen LogP) is 2.31. The first-order chi connectivity index (χ1) is 6.42. The maximum absolute atomic E-state index is 5.24. The van der Waals surface area contributed by atoms with Gasteiger partial charge in [0, 0.05) is 11.3 Å². The summed E-state index contributed by atoms with van der Waals surface area (Å²) >= 11 is 1.78. The number of ether oxygens (including phenoxy) is 1. The van der Waals surface area contributed by atoms with Crippen molar-refractivity contribution in [2.75, 3.05) is 13.7 Å². The molecule has 13 heavy (non-hydrogen) atoms.